The quantitative estimate of drug-likeness (QED) is 0.548. The molecule has 0 radical (unpaired) electrons. The summed E-state index contributed by atoms with van der Waals surface area (Å²) in [4.78, 5) is 16.9. The Morgan fingerprint density at radius 2 is 2.07 bits per heavy atom. The van der Waals surface area contributed by atoms with Crippen LogP contribution in [0.15, 0.2) is 60.0 Å². The highest BCUT2D eigenvalue weighted by atomic mass is 35.5. The van der Waals surface area contributed by atoms with E-state index >= 15 is 0 Å². The molecule has 0 fully saturated rings. The van der Waals surface area contributed by atoms with Crippen molar-refractivity contribution in [2.75, 3.05) is 12.4 Å². The molecule has 3 aromatic rings. The summed E-state index contributed by atoms with van der Waals surface area (Å²) in [5.41, 5.74) is 1.39. The second-order valence-corrected chi connectivity index (χ2v) is 7.81. The molecule has 27 heavy (non-hydrogen) atoms. The van der Waals surface area contributed by atoms with Gasteiger partial charge in [-0.3, -0.25) is 9.36 Å². The molecule has 2 aromatic carbocycles. The summed E-state index contributed by atoms with van der Waals surface area (Å²) in [6.07, 6.45) is 3.54. The summed E-state index contributed by atoms with van der Waals surface area (Å²) < 4.78 is 7.18. The molecule has 0 aliphatic carbocycles. The first-order valence-corrected chi connectivity index (χ1v) is 9.72. The molecule has 5 nitrogen and oxygen atoms in total. The number of rotatable bonds is 6. The van der Waals surface area contributed by atoms with E-state index in [0.29, 0.717) is 20.9 Å². The number of carbonyl (C=O) groups excluding carboxylic acids is 1. The second kappa shape index (κ2) is 8.69. The van der Waals surface area contributed by atoms with Crippen LogP contribution >= 0.6 is 35.0 Å². The Morgan fingerprint density at radius 1 is 1.26 bits per heavy atom. The lowest BCUT2D eigenvalue weighted by Gasteiger charge is -2.14. The van der Waals surface area contributed by atoms with Crippen LogP contribution in [0, 0.1) is 0 Å². The number of aromatic nitrogens is 2. The van der Waals surface area contributed by atoms with Gasteiger partial charge in [-0.15, -0.1) is 0 Å². The molecule has 0 bridgehead atoms. The van der Waals surface area contributed by atoms with Gasteiger partial charge in [0.25, 0.3) is 0 Å². The lowest BCUT2D eigenvalue weighted by molar-refractivity contribution is -0.115. The number of ether oxygens (including phenoxy) is 1. The third-order valence-electron chi connectivity index (χ3n) is 3.78. The van der Waals surface area contributed by atoms with Gasteiger partial charge in [-0.05, 0) is 37.3 Å². The van der Waals surface area contributed by atoms with Crippen molar-refractivity contribution in [2.45, 2.75) is 17.3 Å². The summed E-state index contributed by atoms with van der Waals surface area (Å²) in [7, 11) is 1.62. The Hall–Kier alpha value is -2.15. The van der Waals surface area contributed by atoms with Crippen molar-refractivity contribution in [1.29, 1.82) is 0 Å². The molecule has 1 atom stereocenters. The van der Waals surface area contributed by atoms with E-state index in [1.165, 1.54) is 11.8 Å². The van der Waals surface area contributed by atoms with E-state index in [2.05, 4.69) is 10.3 Å². The largest absolute Gasteiger partial charge is 0.497 e. The maximum Gasteiger partial charge on any atom is 0.237 e. The van der Waals surface area contributed by atoms with E-state index in [4.69, 9.17) is 27.9 Å². The number of carbonyl (C=O) groups is 1. The molecule has 0 saturated heterocycles. The minimum Gasteiger partial charge on any atom is -0.497 e. The number of methoxy groups -OCH3 is 1. The minimum atomic E-state index is -0.396. The van der Waals surface area contributed by atoms with E-state index in [0.717, 1.165) is 11.4 Å². The van der Waals surface area contributed by atoms with Gasteiger partial charge in [0.2, 0.25) is 5.91 Å². The first-order valence-electron chi connectivity index (χ1n) is 8.08. The van der Waals surface area contributed by atoms with E-state index < -0.39 is 5.25 Å². The fourth-order valence-corrected chi connectivity index (χ4v) is 3.59. The van der Waals surface area contributed by atoms with E-state index in [9.17, 15) is 4.79 Å². The fraction of sp³-hybridized carbons (Fsp3) is 0.158. The van der Waals surface area contributed by atoms with Gasteiger partial charge in [-0.2, -0.15) is 0 Å². The molecule has 0 saturated carbocycles. The van der Waals surface area contributed by atoms with Crippen LogP contribution in [0.2, 0.25) is 10.0 Å². The predicted octanol–water partition coefficient (Wildman–Crippen LogP) is 5.31. The van der Waals surface area contributed by atoms with Crippen molar-refractivity contribution in [2.24, 2.45) is 0 Å². The number of amides is 1. The van der Waals surface area contributed by atoms with Gasteiger partial charge in [-0.25, -0.2) is 4.98 Å². The number of hydrogen-bond acceptors (Lipinski definition) is 4. The summed E-state index contributed by atoms with van der Waals surface area (Å²) >= 11 is 13.4. The van der Waals surface area contributed by atoms with Gasteiger partial charge in [0.15, 0.2) is 5.16 Å². The molecular formula is C19H17Cl2N3O2S. The molecular weight excluding hydrogens is 405 g/mol. The molecule has 0 aliphatic rings. The summed E-state index contributed by atoms with van der Waals surface area (Å²) in [5, 5.41) is 4.04. The molecule has 1 heterocycles. The van der Waals surface area contributed by atoms with Gasteiger partial charge >= 0.3 is 0 Å². The number of benzene rings is 2. The Balaban J connectivity index is 1.75. The van der Waals surface area contributed by atoms with Gasteiger partial charge < -0.3 is 10.1 Å². The SMILES string of the molecule is COc1cccc(-n2ccnc2SC(C)C(=O)Nc2cc(Cl)ccc2Cl)c1. The minimum absolute atomic E-state index is 0.190. The molecule has 1 unspecified atom stereocenters. The fourth-order valence-electron chi connectivity index (χ4n) is 2.37. The van der Waals surface area contributed by atoms with E-state index in [-0.39, 0.29) is 5.91 Å². The highest BCUT2D eigenvalue weighted by Gasteiger charge is 2.19. The molecule has 1 aromatic heterocycles. The number of halogens is 2. The van der Waals surface area contributed by atoms with Gasteiger partial charge in [-0.1, -0.05) is 41.0 Å². The standard InChI is InChI=1S/C19H17Cl2N3O2S/c1-12(18(25)23-17-10-13(20)6-7-16(17)21)27-19-22-8-9-24(19)14-4-3-5-15(11-14)26-2/h3-12H,1-2H3,(H,23,25). The van der Waals surface area contributed by atoms with Crippen molar-refractivity contribution in [3.05, 3.63) is 64.9 Å². The Labute approximate surface area is 171 Å². The first kappa shape index (κ1) is 19.6. The maximum absolute atomic E-state index is 12.6. The Bertz CT molecular complexity index is 962. The van der Waals surface area contributed by atoms with Crippen LogP contribution in [-0.4, -0.2) is 27.8 Å². The third kappa shape index (κ3) is 4.77. The number of hydrogen-bond donors (Lipinski definition) is 1. The molecule has 8 heteroatoms. The zero-order chi connectivity index (χ0) is 19.4. The van der Waals surface area contributed by atoms with Crippen LogP contribution < -0.4 is 10.1 Å². The summed E-state index contributed by atoms with van der Waals surface area (Å²) in [6, 6.07) is 12.6. The van der Waals surface area contributed by atoms with Gasteiger partial charge in [0.1, 0.15) is 5.75 Å². The number of nitrogens with zero attached hydrogens (tertiary/aromatic N) is 2. The first-order chi connectivity index (χ1) is 13.0. The summed E-state index contributed by atoms with van der Waals surface area (Å²) in [5.74, 6) is 0.558. The van der Waals surface area contributed by atoms with Crippen molar-refractivity contribution in [3.63, 3.8) is 0 Å². The van der Waals surface area contributed by atoms with Crippen molar-refractivity contribution in [3.8, 4) is 11.4 Å². The van der Waals surface area contributed by atoms with Crippen LogP contribution in [0.3, 0.4) is 0 Å². The highest BCUT2D eigenvalue weighted by Crippen LogP contribution is 2.29. The molecule has 0 spiro atoms. The molecule has 1 N–H and O–H groups in total. The average molecular weight is 422 g/mol. The highest BCUT2D eigenvalue weighted by molar-refractivity contribution is 8.00. The Kier molecular flexibility index (Phi) is 6.31. The number of nitrogens with one attached hydrogen (secondary N) is 1. The average Bonchev–Trinajstić information content (AvgIpc) is 3.12. The smallest absolute Gasteiger partial charge is 0.237 e. The van der Waals surface area contributed by atoms with Crippen LogP contribution in [0.1, 0.15) is 6.92 Å². The zero-order valence-corrected chi connectivity index (χ0v) is 17.0. The van der Waals surface area contributed by atoms with E-state index in [1.54, 1.807) is 31.5 Å². The normalized spacial score (nSPS) is 11.9. The third-order valence-corrected chi connectivity index (χ3v) is 5.42. The van der Waals surface area contributed by atoms with E-state index in [1.807, 2.05) is 42.0 Å². The topological polar surface area (TPSA) is 56.2 Å². The number of anilines is 1. The molecule has 140 valence electrons. The summed E-state index contributed by atoms with van der Waals surface area (Å²) in [6.45, 7) is 1.81. The Morgan fingerprint density at radius 3 is 2.85 bits per heavy atom. The van der Waals surface area contributed by atoms with Crippen molar-refractivity contribution in [1.82, 2.24) is 9.55 Å². The lowest BCUT2D eigenvalue weighted by atomic mass is 10.3. The van der Waals surface area contributed by atoms with Gasteiger partial charge in [0.05, 0.1) is 28.8 Å². The van der Waals surface area contributed by atoms with Crippen LogP contribution in [-0.2, 0) is 4.79 Å². The molecule has 1 amide bonds. The van der Waals surface area contributed by atoms with Crippen molar-refractivity contribution >= 4 is 46.6 Å². The van der Waals surface area contributed by atoms with Gasteiger partial charge in [0, 0.05) is 23.5 Å². The molecule has 0 aliphatic heterocycles. The van der Waals surface area contributed by atoms with Crippen LogP contribution in [0.4, 0.5) is 5.69 Å². The maximum atomic E-state index is 12.6. The monoisotopic (exact) mass is 421 g/mol. The molecule has 3 rings (SSSR count). The predicted molar refractivity (Wildman–Crippen MR) is 111 cm³/mol. The second-order valence-electron chi connectivity index (χ2n) is 5.65. The van der Waals surface area contributed by atoms with Crippen LogP contribution in [0.5, 0.6) is 5.75 Å². The number of imidazole rings is 1. The zero-order valence-electron chi connectivity index (χ0n) is 14.6. The van der Waals surface area contributed by atoms with Crippen LogP contribution in [0.25, 0.3) is 5.69 Å². The van der Waals surface area contributed by atoms with Crippen molar-refractivity contribution < 1.29 is 9.53 Å². The lowest BCUT2D eigenvalue weighted by Crippen LogP contribution is -2.23. The number of thioether (sulfide) groups is 1.